The topological polar surface area (TPSA) is 23.6 Å². The first-order valence-electron chi connectivity index (χ1n) is 6.97. The van der Waals surface area contributed by atoms with Crippen molar-refractivity contribution in [3.63, 3.8) is 0 Å². The van der Waals surface area contributed by atoms with E-state index >= 15 is 0 Å². The van der Waals surface area contributed by atoms with Crippen molar-refractivity contribution in [1.29, 1.82) is 0 Å². The molecule has 3 rings (SSSR count). The van der Waals surface area contributed by atoms with Gasteiger partial charge < -0.3 is 4.90 Å². The second kappa shape index (κ2) is 5.41. The number of benzene rings is 2. The molecule has 0 aliphatic carbocycles. The first kappa shape index (κ1) is 14.0. The molecule has 0 saturated carbocycles. The molecule has 2 aromatic rings. The third kappa shape index (κ3) is 2.49. The first-order chi connectivity index (χ1) is 10.1. The second-order valence-corrected chi connectivity index (χ2v) is 5.76. The first-order valence-corrected chi connectivity index (χ1v) is 7.35. The van der Waals surface area contributed by atoms with E-state index in [4.69, 9.17) is 11.6 Å². The molecule has 0 atom stereocenters. The molecule has 0 spiro atoms. The maximum absolute atomic E-state index is 12.6. The van der Waals surface area contributed by atoms with Crippen LogP contribution < -0.4 is 9.80 Å². The number of fused-ring (bicyclic) bond motifs is 1. The molecule has 0 N–H and O–H groups in total. The Kier molecular flexibility index (Phi) is 3.60. The summed E-state index contributed by atoms with van der Waals surface area (Å²) >= 11 is 6.16. The number of para-hydroxylation sites is 1. The highest BCUT2D eigenvalue weighted by molar-refractivity contribution is 6.31. The zero-order valence-corrected chi connectivity index (χ0v) is 12.9. The number of carbonyl (C=O) groups excluding carboxylic acids is 1. The number of anilines is 3. The summed E-state index contributed by atoms with van der Waals surface area (Å²) in [5, 5.41) is 0.635. The van der Waals surface area contributed by atoms with E-state index in [1.165, 1.54) is 0 Å². The van der Waals surface area contributed by atoms with Gasteiger partial charge in [0.25, 0.3) is 0 Å². The Hall–Kier alpha value is -2.00. The molecule has 1 aliphatic heterocycles. The van der Waals surface area contributed by atoms with E-state index in [0.717, 1.165) is 22.6 Å². The van der Waals surface area contributed by atoms with Gasteiger partial charge in [0.05, 0.1) is 17.1 Å². The van der Waals surface area contributed by atoms with Gasteiger partial charge in [-0.1, -0.05) is 29.8 Å². The van der Waals surface area contributed by atoms with Gasteiger partial charge in [0.15, 0.2) is 0 Å². The summed E-state index contributed by atoms with van der Waals surface area (Å²) in [7, 11) is 2.00. The van der Waals surface area contributed by atoms with Crippen LogP contribution in [0.1, 0.15) is 12.0 Å². The number of hydrogen-bond acceptors (Lipinski definition) is 2. The molecule has 1 amide bonds. The van der Waals surface area contributed by atoms with E-state index in [9.17, 15) is 4.79 Å². The smallest absolute Gasteiger partial charge is 0.233 e. The van der Waals surface area contributed by atoms with E-state index in [2.05, 4.69) is 4.90 Å². The Bertz CT molecular complexity index is 699. The highest BCUT2D eigenvalue weighted by Gasteiger charge is 2.27. The maximum atomic E-state index is 12.6. The zero-order valence-electron chi connectivity index (χ0n) is 12.1. The number of rotatable bonds is 1. The summed E-state index contributed by atoms with van der Waals surface area (Å²) < 4.78 is 0. The number of carbonyl (C=O) groups is 1. The molecule has 0 aromatic heterocycles. The van der Waals surface area contributed by atoms with Crippen LogP contribution in [0.25, 0.3) is 0 Å². The van der Waals surface area contributed by atoms with Crippen LogP contribution in [0.3, 0.4) is 0 Å². The van der Waals surface area contributed by atoms with Crippen LogP contribution in [-0.4, -0.2) is 19.5 Å². The van der Waals surface area contributed by atoms with Crippen molar-refractivity contribution in [3.8, 4) is 0 Å². The van der Waals surface area contributed by atoms with Crippen LogP contribution in [0.2, 0.25) is 5.02 Å². The Morgan fingerprint density at radius 3 is 2.57 bits per heavy atom. The second-order valence-electron chi connectivity index (χ2n) is 5.32. The molecule has 3 nitrogen and oxygen atoms in total. The highest BCUT2D eigenvalue weighted by Crippen LogP contribution is 2.39. The molecular formula is C17H17ClN2O. The molecule has 0 saturated heterocycles. The van der Waals surface area contributed by atoms with Crippen molar-refractivity contribution in [3.05, 3.63) is 53.1 Å². The molecule has 0 fully saturated rings. The number of amides is 1. The minimum atomic E-state index is 0.0946. The normalized spacial score (nSPS) is 14.9. The summed E-state index contributed by atoms with van der Waals surface area (Å²) in [6.45, 7) is 2.72. The molecule has 1 aliphatic rings. The van der Waals surface area contributed by atoms with E-state index in [1.54, 1.807) is 4.90 Å². The lowest BCUT2D eigenvalue weighted by molar-refractivity contribution is -0.117. The maximum Gasteiger partial charge on any atom is 0.233 e. The molecule has 2 aromatic carbocycles. The molecule has 1 heterocycles. The van der Waals surface area contributed by atoms with Gasteiger partial charge in [-0.2, -0.15) is 0 Å². The fourth-order valence-electron chi connectivity index (χ4n) is 2.71. The Morgan fingerprint density at radius 2 is 1.81 bits per heavy atom. The minimum Gasteiger partial charge on any atom is -0.372 e. The third-order valence-electron chi connectivity index (χ3n) is 3.86. The lowest BCUT2D eigenvalue weighted by atomic mass is 10.1. The van der Waals surface area contributed by atoms with E-state index in [1.807, 2.05) is 56.4 Å². The fourth-order valence-corrected chi connectivity index (χ4v) is 2.87. The summed E-state index contributed by atoms with van der Waals surface area (Å²) in [4.78, 5) is 16.5. The molecule has 0 radical (unpaired) electrons. The average Bonchev–Trinajstić information content (AvgIpc) is 2.58. The van der Waals surface area contributed by atoms with Gasteiger partial charge in [-0.15, -0.1) is 0 Å². The minimum absolute atomic E-state index is 0.0946. The van der Waals surface area contributed by atoms with E-state index in [-0.39, 0.29) is 5.91 Å². The fraction of sp³-hybridized carbons (Fsp3) is 0.235. The molecule has 0 bridgehead atoms. The molecule has 4 heteroatoms. The van der Waals surface area contributed by atoms with Crippen molar-refractivity contribution in [2.75, 3.05) is 23.4 Å². The highest BCUT2D eigenvalue weighted by atomic mass is 35.5. The largest absolute Gasteiger partial charge is 0.372 e. The molecule has 21 heavy (non-hydrogen) atoms. The van der Waals surface area contributed by atoms with Crippen LogP contribution in [0.4, 0.5) is 17.1 Å². The quantitative estimate of drug-likeness (QED) is 0.790. The van der Waals surface area contributed by atoms with Gasteiger partial charge in [-0.05, 0) is 36.8 Å². The van der Waals surface area contributed by atoms with Gasteiger partial charge >= 0.3 is 0 Å². The van der Waals surface area contributed by atoms with Gasteiger partial charge in [-0.25, -0.2) is 0 Å². The summed E-state index contributed by atoms with van der Waals surface area (Å²) in [6, 6.07) is 13.6. The van der Waals surface area contributed by atoms with Crippen LogP contribution in [-0.2, 0) is 4.79 Å². The van der Waals surface area contributed by atoms with E-state index in [0.29, 0.717) is 18.0 Å². The van der Waals surface area contributed by atoms with Crippen LogP contribution in [0, 0.1) is 6.92 Å². The standard InChI is InChI=1S/C17H17ClN2O/c1-12-5-3-4-6-14(12)20-16-11-13(18)7-8-15(16)19(2)10-9-17(20)21/h3-8,11H,9-10H2,1-2H3. The van der Waals surface area contributed by atoms with Crippen molar-refractivity contribution in [2.24, 2.45) is 0 Å². The van der Waals surface area contributed by atoms with Crippen LogP contribution >= 0.6 is 11.6 Å². The number of halogens is 1. The van der Waals surface area contributed by atoms with Crippen molar-refractivity contribution < 1.29 is 4.79 Å². The van der Waals surface area contributed by atoms with Gasteiger partial charge in [0.2, 0.25) is 5.91 Å². The monoisotopic (exact) mass is 300 g/mol. The summed E-state index contributed by atoms with van der Waals surface area (Å²) in [5.74, 6) is 0.0946. The number of hydrogen-bond donors (Lipinski definition) is 0. The van der Waals surface area contributed by atoms with Gasteiger partial charge in [-0.3, -0.25) is 9.69 Å². The lowest BCUT2D eigenvalue weighted by Gasteiger charge is -2.26. The molecule has 0 unspecified atom stereocenters. The SMILES string of the molecule is Cc1ccccc1N1C(=O)CCN(C)c2ccc(Cl)cc21. The predicted octanol–water partition coefficient (Wildman–Crippen LogP) is 4.15. The Labute approximate surface area is 129 Å². The van der Waals surface area contributed by atoms with Crippen molar-refractivity contribution in [2.45, 2.75) is 13.3 Å². The lowest BCUT2D eigenvalue weighted by Crippen LogP contribution is -2.26. The Morgan fingerprint density at radius 1 is 1.05 bits per heavy atom. The van der Waals surface area contributed by atoms with Crippen molar-refractivity contribution in [1.82, 2.24) is 0 Å². The molecule has 108 valence electrons. The number of aryl methyl sites for hydroxylation is 1. The van der Waals surface area contributed by atoms with Crippen molar-refractivity contribution >= 4 is 34.6 Å². The van der Waals surface area contributed by atoms with Gasteiger partial charge in [0, 0.05) is 25.0 Å². The average molecular weight is 301 g/mol. The van der Waals surface area contributed by atoms with Gasteiger partial charge in [0.1, 0.15) is 0 Å². The van der Waals surface area contributed by atoms with E-state index < -0.39 is 0 Å². The zero-order chi connectivity index (χ0) is 15.0. The molecular weight excluding hydrogens is 284 g/mol. The predicted molar refractivity (Wildman–Crippen MR) is 87.7 cm³/mol. The summed E-state index contributed by atoms with van der Waals surface area (Å²) in [6.07, 6.45) is 0.483. The number of nitrogens with zero attached hydrogens (tertiary/aromatic N) is 2. The third-order valence-corrected chi connectivity index (χ3v) is 4.09. The van der Waals surface area contributed by atoms with Crippen LogP contribution in [0.5, 0.6) is 0 Å². The Balaban J connectivity index is 2.23. The summed E-state index contributed by atoms with van der Waals surface area (Å²) in [5.41, 5.74) is 3.86. The van der Waals surface area contributed by atoms with Crippen LogP contribution in [0.15, 0.2) is 42.5 Å².